The smallest absolute Gasteiger partial charge is 0.190 e. The van der Waals surface area contributed by atoms with E-state index >= 15 is 0 Å². The van der Waals surface area contributed by atoms with Crippen LogP contribution in [0, 0.1) is 13.8 Å². The minimum Gasteiger partial charge on any atom is -0.289 e. The highest BCUT2D eigenvalue weighted by molar-refractivity contribution is 6.26. The van der Waals surface area contributed by atoms with Gasteiger partial charge in [-0.2, -0.15) is 0 Å². The summed E-state index contributed by atoms with van der Waals surface area (Å²) in [5, 5.41) is 0. The lowest BCUT2D eigenvalue weighted by molar-refractivity contribution is 0.0971. The van der Waals surface area contributed by atoms with E-state index in [0.29, 0.717) is 28.7 Å². The van der Waals surface area contributed by atoms with Gasteiger partial charge in [0.2, 0.25) is 0 Å². The van der Waals surface area contributed by atoms with Gasteiger partial charge in [0.15, 0.2) is 11.6 Å². The number of ketones is 2. The number of allylic oxidation sites excluding steroid dienone is 2. The molecule has 1 aromatic rings. The Balaban J connectivity index is 2.65. The summed E-state index contributed by atoms with van der Waals surface area (Å²) in [5.74, 6) is 0.0446. The molecule has 0 fully saturated rings. The first-order chi connectivity index (χ1) is 8.47. The first-order valence-electron chi connectivity index (χ1n) is 6.37. The molecule has 2 heteroatoms. The van der Waals surface area contributed by atoms with Crippen molar-refractivity contribution in [3.8, 4) is 0 Å². The third-order valence-corrected chi connectivity index (χ3v) is 3.69. The normalized spacial score (nSPS) is 15.1. The summed E-state index contributed by atoms with van der Waals surface area (Å²) in [6.45, 7) is 7.73. The lowest BCUT2D eigenvalue weighted by Gasteiger charge is -2.20. The number of hydrogen-bond acceptors (Lipinski definition) is 2. The SMILES string of the molecule is CCCC1=C(C)C(=O)c2cc(C)c(C)cc2C1=O. The fourth-order valence-electron chi connectivity index (χ4n) is 2.41. The van der Waals surface area contributed by atoms with Crippen LogP contribution in [0.15, 0.2) is 23.3 Å². The number of Topliss-reactive ketones (excluding diaryl/α,β-unsaturated/α-hetero) is 2. The largest absolute Gasteiger partial charge is 0.289 e. The van der Waals surface area contributed by atoms with Gasteiger partial charge in [0.25, 0.3) is 0 Å². The van der Waals surface area contributed by atoms with Crippen LogP contribution in [0.4, 0.5) is 0 Å². The van der Waals surface area contributed by atoms with E-state index in [4.69, 9.17) is 0 Å². The molecular weight excluding hydrogens is 224 g/mol. The predicted octanol–water partition coefficient (Wildman–Crippen LogP) is 3.80. The second kappa shape index (κ2) is 4.52. The molecule has 0 radical (unpaired) electrons. The van der Waals surface area contributed by atoms with Crippen molar-refractivity contribution in [1.29, 1.82) is 0 Å². The summed E-state index contributed by atoms with van der Waals surface area (Å²) in [7, 11) is 0. The Morgan fingerprint density at radius 2 is 1.39 bits per heavy atom. The Bertz CT molecular complexity index is 577. The van der Waals surface area contributed by atoms with E-state index in [1.165, 1.54) is 0 Å². The number of carbonyl (C=O) groups excluding carboxylic acids is 2. The quantitative estimate of drug-likeness (QED) is 0.790. The average molecular weight is 242 g/mol. The van der Waals surface area contributed by atoms with E-state index in [-0.39, 0.29) is 11.6 Å². The van der Waals surface area contributed by atoms with E-state index in [1.54, 1.807) is 6.92 Å². The number of carbonyl (C=O) groups is 2. The lowest BCUT2D eigenvalue weighted by atomic mass is 9.81. The van der Waals surface area contributed by atoms with Crippen molar-refractivity contribution in [2.45, 2.75) is 40.5 Å². The van der Waals surface area contributed by atoms with Crippen molar-refractivity contribution in [2.24, 2.45) is 0 Å². The first-order valence-corrected chi connectivity index (χ1v) is 6.37. The molecule has 0 amide bonds. The molecule has 0 N–H and O–H groups in total. The summed E-state index contributed by atoms with van der Waals surface area (Å²) < 4.78 is 0. The van der Waals surface area contributed by atoms with E-state index in [9.17, 15) is 9.59 Å². The van der Waals surface area contributed by atoms with Crippen molar-refractivity contribution in [2.75, 3.05) is 0 Å². The summed E-state index contributed by atoms with van der Waals surface area (Å²) in [6.07, 6.45) is 1.56. The summed E-state index contributed by atoms with van der Waals surface area (Å²) in [4.78, 5) is 24.7. The molecule has 0 aromatic heterocycles. The molecule has 1 aromatic carbocycles. The molecule has 2 nitrogen and oxygen atoms in total. The summed E-state index contributed by atoms with van der Waals surface area (Å²) in [6, 6.07) is 3.70. The van der Waals surface area contributed by atoms with Gasteiger partial charge in [0, 0.05) is 22.3 Å². The predicted molar refractivity (Wildman–Crippen MR) is 72.2 cm³/mol. The fraction of sp³-hybridized carbons (Fsp3) is 0.375. The van der Waals surface area contributed by atoms with E-state index in [0.717, 1.165) is 17.5 Å². The van der Waals surface area contributed by atoms with E-state index < -0.39 is 0 Å². The maximum Gasteiger partial charge on any atom is 0.190 e. The molecule has 0 bridgehead atoms. The monoisotopic (exact) mass is 242 g/mol. The van der Waals surface area contributed by atoms with E-state index in [2.05, 4.69) is 0 Å². The molecule has 94 valence electrons. The standard InChI is InChI=1S/C16H18O2/c1-5-6-12-11(4)15(17)13-7-9(2)10(3)8-14(13)16(12)18/h7-8H,5-6H2,1-4H3. The van der Waals surface area contributed by atoms with Gasteiger partial charge in [-0.05, 0) is 50.5 Å². The molecule has 18 heavy (non-hydrogen) atoms. The van der Waals surface area contributed by atoms with Crippen molar-refractivity contribution in [3.63, 3.8) is 0 Å². The third kappa shape index (κ3) is 1.82. The number of benzene rings is 1. The lowest BCUT2D eigenvalue weighted by Crippen LogP contribution is -2.21. The third-order valence-electron chi connectivity index (χ3n) is 3.69. The molecular formula is C16H18O2. The highest BCUT2D eigenvalue weighted by Gasteiger charge is 2.29. The molecule has 0 atom stereocenters. The molecule has 1 aliphatic rings. The maximum absolute atomic E-state index is 12.4. The van der Waals surface area contributed by atoms with Gasteiger partial charge in [-0.15, -0.1) is 0 Å². The summed E-state index contributed by atoms with van der Waals surface area (Å²) in [5.41, 5.74) is 4.58. The van der Waals surface area contributed by atoms with Crippen molar-refractivity contribution in [3.05, 3.63) is 45.5 Å². The van der Waals surface area contributed by atoms with Crippen molar-refractivity contribution < 1.29 is 9.59 Å². The van der Waals surface area contributed by atoms with Crippen LogP contribution >= 0.6 is 0 Å². The van der Waals surface area contributed by atoms with Gasteiger partial charge in [-0.3, -0.25) is 9.59 Å². The molecule has 0 unspecified atom stereocenters. The van der Waals surface area contributed by atoms with Gasteiger partial charge in [-0.1, -0.05) is 13.3 Å². The zero-order valence-electron chi connectivity index (χ0n) is 11.4. The molecule has 1 aliphatic carbocycles. The van der Waals surface area contributed by atoms with Gasteiger partial charge in [-0.25, -0.2) is 0 Å². The zero-order chi connectivity index (χ0) is 13.4. The van der Waals surface area contributed by atoms with Crippen molar-refractivity contribution >= 4 is 11.6 Å². The highest BCUT2D eigenvalue weighted by atomic mass is 16.1. The molecule has 0 heterocycles. The van der Waals surface area contributed by atoms with E-state index in [1.807, 2.05) is 32.9 Å². The Kier molecular flexibility index (Phi) is 3.20. The number of fused-ring (bicyclic) bond motifs is 1. The number of rotatable bonds is 2. The minimum absolute atomic E-state index is 0.0103. The Labute approximate surface area is 108 Å². The van der Waals surface area contributed by atoms with Crippen LogP contribution in [-0.4, -0.2) is 11.6 Å². The van der Waals surface area contributed by atoms with Crippen LogP contribution in [0.3, 0.4) is 0 Å². The molecule has 2 rings (SSSR count). The van der Waals surface area contributed by atoms with Gasteiger partial charge in [0.05, 0.1) is 0 Å². The highest BCUT2D eigenvalue weighted by Crippen LogP contribution is 2.30. The molecule has 0 spiro atoms. The molecule has 0 saturated carbocycles. The van der Waals surface area contributed by atoms with Crippen molar-refractivity contribution in [1.82, 2.24) is 0 Å². The zero-order valence-corrected chi connectivity index (χ0v) is 11.4. The molecule has 0 aliphatic heterocycles. The number of aryl methyl sites for hydroxylation is 2. The minimum atomic E-state index is 0.0103. The second-order valence-corrected chi connectivity index (χ2v) is 4.99. The van der Waals surface area contributed by atoms with Crippen LogP contribution in [0.2, 0.25) is 0 Å². The van der Waals surface area contributed by atoms with Gasteiger partial charge < -0.3 is 0 Å². The maximum atomic E-state index is 12.4. The molecule has 0 saturated heterocycles. The van der Waals surface area contributed by atoms with Crippen LogP contribution in [-0.2, 0) is 0 Å². The van der Waals surface area contributed by atoms with Crippen LogP contribution in [0.1, 0.15) is 58.5 Å². The Hall–Kier alpha value is -1.70. The second-order valence-electron chi connectivity index (χ2n) is 4.99. The summed E-state index contributed by atoms with van der Waals surface area (Å²) >= 11 is 0. The van der Waals surface area contributed by atoms with Crippen LogP contribution in [0.25, 0.3) is 0 Å². The average Bonchev–Trinajstić information content (AvgIpc) is 2.34. The fourth-order valence-corrected chi connectivity index (χ4v) is 2.41. The first kappa shape index (κ1) is 12.7. The van der Waals surface area contributed by atoms with Gasteiger partial charge in [0.1, 0.15) is 0 Å². The number of hydrogen-bond donors (Lipinski definition) is 0. The Morgan fingerprint density at radius 1 is 0.889 bits per heavy atom. The topological polar surface area (TPSA) is 34.1 Å². The van der Waals surface area contributed by atoms with Crippen LogP contribution in [0.5, 0.6) is 0 Å². The Morgan fingerprint density at radius 3 is 1.89 bits per heavy atom. The van der Waals surface area contributed by atoms with Gasteiger partial charge >= 0.3 is 0 Å². The van der Waals surface area contributed by atoms with Crippen LogP contribution < -0.4 is 0 Å².